The molecule has 3 heterocycles. The number of carbonyl (C=O) groups is 1. The van der Waals surface area contributed by atoms with Gasteiger partial charge >= 0.3 is 6.03 Å². The molecule has 0 unspecified atom stereocenters. The van der Waals surface area contributed by atoms with Crippen LogP contribution in [0.1, 0.15) is 24.1 Å². The summed E-state index contributed by atoms with van der Waals surface area (Å²) in [7, 11) is 0. The van der Waals surface area contributed by atoms with Gasteiger partial charge in [0.05, 0.1) is 5.69 Å². The number of carbonyl (C=O) groups excluding carboxylic acids is 1. The van der Waals surface area contributed by atoms with Crippen molar-refractivity contribution in [3.05, 3.63) is 52.0 Å². The van der Waals surface area contributed by atoms with E-state index in [1.165, 1.54) is 12.1 Å². The largest absolute Gasteiger partial charge is 0.383 e. The van der Waals surface area contributed by atoms with E-state index in [1.54, 1.807) is 11.1 Å². The highest BCUT2D eigenvalue weighted by Gasteiger charge is 2.36. The molecule has 2 aromatic heterocycles. The average Bonchev–Trinajstić information content (AvgIpc) is 2.55. The van der Waals surface area contributed by atoms with Crippen molar-refractivity contribution in [1.82, 2.24) is 14.9 Å². The average molecular weight is 381 g/mol. The van der Waals surface area contributed by atoms with Gasteiger partial charge in [0.1, 0.15) is 15.9 Å². The first-order valence-corrected chi connectivity index (χ1v) is 8.66. The second-order valence-electron chi connectivity index (χ2n) is 6.17. The number of anilines is 1. The SMILES string of the molecule is Cc1ccc(C2(O)CCN(C(=O)Nc3cc(Cl)nc(Cl)c3)CC2)nc1. The monoisotopic (exact) mass is 380 g/mol. The molecule has 0 atom stereocenters. The van der Waals surface area contributed by atoms with Crippen molar-refractivity contribution < 1.29 is 9.90 Å². The number of aliphatic hydroxyl groups is 1. The zero-order valence-corrected chi connectivity index (χ0v) is 15.2. The molecule has 2 N–H and O–H groups in total. The fourth-order valence-corrected chi connectivity index (χ4v) is 3.28. The first kappa shape index (κ1) is 17.9. The third kappa shape index (κ3) is 4.21. The van der Waals surface area contributed by atoms with Gasteiger partial charge in [-0.15, -0.1) is 0 Å². The predicted molar refractivity (Wildman–Crippen MR) is 97.0 cm³/mol. The molecule has 0 aromatic carbocycles. The maximum absolute atomic E-state index is 12.4. The van der Waals surface area contributed by atoms with Crippen molar-refractivity contribution >= 4 is 34.9 Å². The molecule has 1 aliphatic rings. The van der Waals surface area contributed by atoms with Gasteiger partial charge in [0.25, 0.3) is 0 Å². The van der Waals surface area contributed by atoms with E-state index in [2.05, 4.69) is 15.3 Å². The minimum absolute atomic E-state index is 0.210. The number of likely N-dealkylation sites (tertiary alicyclic amines) is 1. The summed E-state index contributed by atoms with van der Waals surface area (Å²) < 4.78 is 0. The van der Waals surface area contributed by atoms with Crippen LogP contribution in [0.5, 0.6) is 0 Å². The van der Waals surface area contributed by atoms with Crippen LogP contribution < -0.4 is 5.32 Å². The zero-order chi connectivity index (χ0) is 18.0. The lowest BCUT2D eigenvalue weighted by Gasteiger charge is -2.37. The zero-order valence-electron chi connectivity index (χ0n) is 13.7. The Labute approximate surface area is 155 Å². The number of rotatable bonds is 2. The maximum atomic E-state index is 12.4. The molecule has 0 saturated carbocycles. The van der Waals surface area contributed by atoms with Crippen molar-refractivity contribution in [2.45, 2.75) is 25.4 Å². The van der Waals surface area contributed by atoms with E-state index in [0.717, 1.165) is 5.56 Å². The summed E-state index contributed by atoms with van der Waals surface area (Å²) in [5, 5.41) is 14.0. The number of hydrogen-bond acceptors (Lipinski definition) is 4. The number of aromatic nitrogens is 2. The van der Waals surface area contributed by atoms with Crippen LogP contribution in [0.3, 0.4) is 0 Å². The van der Waals surface area contributed by atoms with Crippen LogP contribution in [0.25, 0.3) is 0 Å². The normalized spacial score (nSPS) is 16.6. The second-order valence-corrected chi connectivity index (χ2v) is 6.95. The quantitative estimate of drug-likeness (QED) is 0.780. The first-order chi connectivity index (χ1) is 11.9. The summed E-state index contributed by atoms with van der Waals surface area (Å²) in [4.78, 5) is 22.2. The van der Waals surface area contributed by atoms with E-state index in [0.29, 0.717) is 37.3 Å². The molecule has 132 valence electrons. The molecular formula is C17H18Cl2N4O2. The van der Waals surface area contributed by atoms with Crippen LogP contribution in [-0.2, 0) is 5.60 Å². The number of pyridine rings is 2. The van der Waals surface area contributed by atoms with Gasteiger partial charge in [0.2, 0.25) is 0 Å². The Balaban J connectivity index is 1.63. The third-order valence-electron chi connectivity index (χ3n) is 4.28. The fourth-order valence-electron chi connectivity index (χ4n) is 2.82. The van der Waals surface area contributed by atoms with Crippen molar-refractivity contribution in [3.63, 3.8) is 0 Å². The number of amides is 2. The molecule has 8 heteroatoms. The van der Waals surface area contributed by atoms with Gasteiger partial charge in [-0.25, -0.2) is 9.78 Å². The van der Waals surface area contributed by atoms with Gasteiger partial charge in [-0.2, -0.15) is 0 Å². The standard InChI is InChI=1S/C17H18Cl2N4O2/c1-11-2-3-13(20-10-11)17(25)4-6-23(7-5-17)16(24)21-12-8-14(18)22-15(19)9-12/h2-3,8-10,25H,4-7H2,1H3,(H,21,22,24). The highest BCUT2D eigenvalue weighted by Crippen LogP contribution is 2.32. The molecule has 2 amide bonds. The van der Waals surface area contributed by atoms with Gasteiger partial charge in [-0.1, -0.05) is 29.3 Å². The molecule has 0 bridgehead atoms. The Morgan fingerprint density at radius 1 is 1.24 bits per heavy atom. The topological polar surface area (TPSA) is 78.4 Å². The van der Waals surface area contributed by atoms with Crippen LogP contribution in [0.4, 0.5) is 10.5 Å². The summed E-state index contributed by atoms with van der Waals surface area (Å²) >= 11 is 11.7. The maximum Gasteiger partial charge on any atom is 0.321 e. The molecule has 3 rings (SSSR count). The Morgan fingerprint density at radius 2 is 1.88 bits per heavy atom. The summed E-state index contributed by atoms with van der Waals surface area (Å²) in [6, 6.07) is 6.56. The Morgan fingerprint density at radius 3 is 2.44 bits per heavy atom. The molecule has 25 heavy (non-hydrogen) atoms. The Hall–Kier alpha value is -1.89. The van der Waals surface area contributed by atoms with Crippen LogP contribution in [0.2, 0.25) is 10.3 Å². The number of urea groups is 1. The van der Waals surface area contributed by atoms with E-state index >= 15 is 0 Å². The minimum atomic E-state index is -1.01. The minimum Gasteiger partial charge on any atom is -0.383 e. The molecule has 1 aliphatic heterocycles. The highest BCUT2D eigenvalue weighted by atomic mass is 35.5. The van der Waals surface area contributed by atoms with Crippen molar-refractivity contribution in [1.29, 1.82) is 0 Å². The van der Waals surface area contributed by atoms with E-state index in [9.17, 15) is 9.90 Å². The number of aryl methyl sites for hydroxylation is 1. The van der Waals surface area contributed by atoms with Crippen molar-refractivity contribution in [2.75, 3.05) is 18.4 Å². The Kier molecular flexibility index (Phi) is 5.13. The van der Waals surface area contributed by atoms with Gasteiger partial charge in [0.15, 0.2) is 0 Å². The third-order valence-corrected chi connectivity index (χ3v) is 4.67. The molecule has 0 radical (unpaired) electrons. The van der Waals surface area contributed by atoms with Crippen LogP contribution >= 0.6 is 23.2 Å². The van der Waals surface area contributed by atoms with E-state index < -0.39 is 5.60 Å². The summed E-state index contributed by atoms with van der Waals surface area (Å²) in [6.45, 7) is 2.79. The second kappa shape index (κ2) is 7.15. The fraction of sp³-hybridized carbons (Fsp3) is 0.353. The predicted octanol–water partition coefficient (Wildman–Crippen LogP) is 3.61. The van der Waals surface area contributed by atoms with Crippen LogP contribution in [0.15, 0.2) is 30.5 Å². The molecular weight excluding hydrogens is 363 g/mol. The molecule has 2 aromatic rings. The van der Waals surface area contributed by atoms with Crippen molar-refractivity contribution in [3.8, 4) is 0 Å². The number of nitrogens with one attached hydrogen (secondary N) is 1. The van der Waals surface area contributed by atoms with Gasteiger partial charge in [0, 0.05) is 25.0 Å². The Bertz CT molecular complexity index is 754. The number of halogens is 2. The summed E-state index contributed by atoms with van der Waals surface area (Å²) in [5.41, 5.74) is 1.16. The van der Waals surface area contributed by atoms with E-state index in [1.807, 2.05) is 19.1 Å². The van der Waals surface area contributed by atoms with Gasteiger partial charge in [-0.05, 0) is 43.5 Å². The lowest BCUT2D eigenvalue weighted by molar-refractivity contribution is -0.0193. The van der Waals surface area contributed by atoms with Crippen molar-refractivity contribution in [2.24, 2.45) is 0 Å². The molecule has 1 saturated heterocycles. The van der Waals surface area contributed by atoms with E-state index in [4.69, 9.17) is 23.2 Å². The summed E-state index contributed by atoms with van der Waals surface area (Å²) in [5.74, 6) is 0. The number of hydrogen-bond donors (Lipinski definition) is 2. The molecule has 0 spiro atoms. The van der Waals surface area contributed by atoms with Crippen LogP contribution in [0, 0.1) is 6.92 Å². The first-order valence-electron chi connectivity index (χ1n) is 7.90. The highest BCUT2D eigenvalue weighted by molar-refractivity contribution is 6.32. The lowest BCUT2D eigenvalue weighted by atomic mass is 9.87. The molecule has 0 aliphatic carbocycles. The van der Waals surface area contributed by atoms with E-state index in [-0.39, 0.29) is 16.3 Å². The smallest absolute Gasteiger partial charge is 0.321 e. The molecule has 1 fully saturated rings. The number of piperidine rings is 1. The van der Waals surface area contributed by atoms with Gasteiger partial charge in [-0.3, -0.25) is 4.98 Å². The summed E-state index contributed by atoms with van der Waals surface area (Å²) in [6.07, 6.45) is 2.59. The van der Waals surface area contributed by atoms with Crippen LogP contribution in [-0.4, -0.2) is 39.1 Å². The van der Waals surface area contributed by atoms with Gasteiger partial charge < -0.3 is 15.3 Å². The lowest BCUT2D eigenvalue weighted by Crippen LogP contribution is -2.47. The number of nitrogens with zero attached hydrogens (tertiary/aromatic N) is 3. The molecule has 6 nitrogen and oxygen atoms in total.